The van der Waals surface area contributed by atoms with E-state index in [1.165, 1.54) is 64.8 Å². The molecule has 0 aromatic carbocycles. The maximum absolute atomic E-state index is 3.42. The third-order valence-electron chi connectivity index (χ3n) is 4.11. The molecule has 2 heteroatoms. The molecule has 0 spiro atoms. The second-order valence-corrected chi connectivity index (χ2v) is 5.52. The average Bonchev–Trinajstić information content (AvgIpc) is 2.28. The minimum absolute atomic E-state index is 0.992. The predicted molar refractivity (Wildman–Crippen MR) is 65.0 cm³/mol. The van der Waals surface area contributed by atoms with Crippen molar-refractivity contribution in [3.05, 3.63) is 0 Å². The van der Waals surface area contributed by atoms with E-state index in [4.69, 9.17) is 0 Å². The fourth-order valence-electron chi connectivity index (χ4n) is 3.12. The Morgan fingerprint density at radius 1 is 1.20 bits per heavy atom. The summed E-state index contributed by atoms with van der Waals surface area (Å²) in [4.78, 5) is 2.63. The van der Waals surface area contributed by atoms with Crippen molar-refractivity contribution in [1.82, 2.24) is 10.2 Å². The van der Waals surface area contributed by atoms with Crippen LogP contribution in [0.15, 0.2) is 0 Å². The molecule has 2 atom stereocenters. The fourth-order valence-corrected chi connectivity index (χ4v) is 3.12. The molecule has 2 unspecified atom stereocenters. The van der Waals surface area contributed by atoms with E-state index in [9.17, 15) is 0 Å². The highest BCUT2D eigenvalue weighted by Crippen LogP contribution is 2.30. The van der Waals surface area contributed by atoms with Gasteiger partial charge in [0.1, 0.15) is 0 Å². The summed E-state index contributed by atoms with van der Waals surface area (Å²) < 4.78 is 0. The molecular formula is C13H26N2. The van der Waals surface area contributed by atoms with Crippen molar-refractivity contribution >= 4 is 0 Å². The zero-order valence-electron chi connectivity index (χ0n) is 10.2. The van der Waals surface area contributed by atoms with Crippen molar-refractivity contribution in [2.45, 2.75) is 39.0 Å². The van der Waals surface area contributed by atoms with Crippen LogP contribution in [0.2, 0.25) is 0 Å². The SMILES string of the molecule is CC1CCCC(CCN2CCNCC2)C1. The highest BCUT2D eigenvalue weighted by atomic mass is 15.2. The van der Waals surface area contributed by atoms with Gasteiger partial charge in [-0.15, -0.1) is 0 Å². The van der Waals surface area contributed by atoms with Gasteiger partial charge in [-0.25, -0.2) is 0 Å². The first kappa shape index (κ1) is 11.4. The average molecular weight is 210 g/mol. The second kappa shape index (κ2) is 5.86. The van der Waals surface area contributed by atoms with Crippen LogP contribution in [-0.2, 0) is 0 Å². The van der Waals surface area contributed by atoms with Crippen LogP contribution in [0, 0.1) is 11.8 Å². The second-order valence-electron chi connectivity index (χ2n) is 5.52. The van der Waals surface area contributed by atoms with E-state index in [1.807, 2.05) is 0 Å². The highest BCUT2D eigenvalue weighted by Gasteiger charge is 2.19. The number of rotatable bonds is 3. The van der Waals surface area contributed by atoms with Crippen molar-refractivity contribution in [3.8, 4) is 0 Å². The molecule has 2 aliphatic rings. The number of nitrogens with one attached hydrogen (secondary N) is 1. The lowest BCUT2D eigenvalue weighted by Gasteiger charge is -2.31. The molecule has 88 valence electrons. The lowest BCUT2D eigenvalue weighted by molar-refractivity contribution is 0.196. The Labute approximate surface area is 94.4 Å². The summed E-state index contributed by atoms with van der Waals surface area (Å²) in [5.74, 6) is 2.02. The van der Waals surface area contributed by atoms with Crippen LogP contribution in [0.4, 0.5) is 0 Å². The minimum atomic E-state index is 0.992. The summed E-state index contributed by atoms with van der Waals surface area (Å²) >= 11 is 0. The number of hydrogen-bond acceptors (Lipinski definition) is 2. The normalized spacial score (nSPS) is 34.2. The first-order valence-electron chi connectivity index (χ1n) is 6.77. The van der Waals surface area contributed by atoms with E-state index in [0.717, 1.165) is 11.8 Å². The van der Waals surface area contributed by atoms with Gasteiger partial charge < -0.3 is 10.2 Å². The molecule has 0 bridgehead atoms. The summed E-state index contributed by atoms with van der Waals surface area (Å²) in [6.07, 6.45) is 7.39. The first-order chi connectivity index (χ1) is 7.34. The number of hydrogen-bond donors (Lipinski definition) is 1. The summed E-state index contributed by atoms with van der Waals surface area (Å²) in [6, 6.07) is 0. The van der Waals surface area contributed by atoms with Crippen molar-refractivity contribution < 1.29 is 0 Å². The van der Waals surface area contributed by atoms with Crippen LogP contribution >= 0.6 is 0 Å². The van der Waals surface area contributed by atoms with E-state index >= 15 is 0 Å². The van der Waals surface area contributed by atoms with Gasteiger partial charge in [0.05, 0.1) is 0 Å². The number of piperazine rings is 1. The molecule has 1 heterocycles. The molecule has 1 saturated heterocycles. The van der Waals surface area contributed by atoms with Gasteiger partial charge in [-0.2, -0.15) is 0 Å². The molecule has 1 aliphatic heterocycles. The molecule has 0 radical (unpaired) electrons. The van der Waals surface area contributed by atoms with Gasteiger partial charge in [-0.3, -0.25) is 0 Å². The van der Waals surface area contributed by atoms with Gasteiger partial charge in [0.15, 0.2) is 0 Å². The third-order valence-corrected chi connectivity index (χ3v) is 4.11. The third kappa shape index (κ3) is 3.76. The van der Waals surface area contributed by atoms with Gasteiger partial charge in [0.25, 0.3) is 0 Å². The van der Waals surface area contributed by atoms with Crippen LogP contribution < -0.4 is 5.32 Å². The van der Waals surface area contributed by atoms with E-state index in [-0.39, 0.29) is 0 Å². The summed E-state index contributed by atoms with van der Waals surface area (Å²) in [5, 5.41) is 3.42. The molecule has 2 nitrogen and oxygen atoms in total. The lowest BCUT2D eigenvalue weighted by Crippen LogP contribution is -2.44. The molecule has 2 fully saturated rings. The smallest absolute Gasteiger partial charge is 0.0107 e. The predicted octanol–water partition coefficient (Wildman–Crippen LogP) is 2.11. The van der Waals surface area contributed by atoms with E-state index < -0.39 is 0 Å². The van der Waals surface area contributed by atoms with E-state index in [0.29, 0.717) is 0 Å². The molecule has 1 saturated carbocycles. The molecule has 1 aliphatic carbocycles. The monoisotopic (exact) mass is 210 g/mol. The molecular weight excluding hydrogens is 184 g/mol. The number of nitrogens with zero attached hydrogens (tertiary/aromatic N) is 1. The quantitative estimate of drug-likeness (QED) is 0.767. The van der Waals surface area contributed by atoms with Crippen LogP contribution in [-0.4, -0.2) is 37.6 Å². The molecule has 0 amide bonds. The zero-order chi connectivity index (χ0) is 10.5. The van der Waals surface area contributed by atoms with Crippen LogP contribution in [0.5, 0.6) is 0 Å². The maximum atomic E-state index is 3.42. The Morgan fingerprint density at radius 2 is 2.00 bits per heavy atom. The molecule has 2 rings (SSSR count). The van der Waals surface area contributed by atoms with Crippen molar-refractivity contribution in [3.63, 3.8) is 0 Å². The van der Waals surface area contributed by atoms with Crippen molar-refractivity contribution in [2.24, 2.45) is 11.8 Å². The largest absolute Gasteiger partial charge is 0.314 e. The van der Waals surface area contributed by atoms with E-state index in [1.54, 1.807) is 0 Å². The van der Waals surface area contributed by atoms with Crippen molar-refractivity contribution in [1.29, 1.82) is 0 Å². The Hall–Kier alpha value is -0.0800. The maximum Gasteiger partial charge on any atom is 0.0107 e. The Balaban J connectivity index is 1.63. The molecule has 0 aromatic rings. The van der Waals surface area contributed by atoms with Crippen LogP contribution in [0.1, 0.15) is 39.0 Å². The van der Waals surface area contributed by atoms with Gasteiger partial charge in [0.2, 0.25) is 0 Å². The summed E-state index contributed by atoms with van der Waals surface area (Å²) in [6.45, 7) is 8.70. The topological polar surface area (TPSA) is 15.3 Å². The Kier molecular flexibility index (Phi) is 4.45. The van der Waals surface area contributed by atoms with E-state index in [2.05, 4.69) is 17.1 Å². The summed E-state index contributed by atoms with van der Waals surface area (Å²) in [7, 11) is 0. The standard InChI is InChI=1S/C13H26N2/c1-12-3-2-4-13(11-12)5-8-15-9-6-14-7-10-15/h12-14H,2-11H2,1H3. The highest BCUT2D eigenvalue weighted by molar-refractivity contribution is 4.74. The van der Waals surface area contributed by atoms with Gasteiger partial charge in [-0.05, 0) is 31.2 Å². The summed E-state index contributed by atoms with van der Waals surface area (Å²) in [5.41, 5.74) is 0. The van der Waals surface area contributed by atoms with Crippen LogP contribution in [0.3, 0.4) is 0 Å². The zero-order valence-corrected chi connectivity index (χ0v) is 10.2. The van der Waals surface area contributed by atoms with Gasteiger partial charge in [-0.1, -0.05) is 26.2 Å². The van der Waals surface area contributed by atoms with Crippen molar-refractivity contribution in [2.75, 3.05) is 32.7 Å². The Morgan fingerprint density at radius 3 is 2.73 bits per heavy atom. The van der Waals surface area contributed by atoms with Crippen LogP contribution in [0.25, 0.3) is 0 Å². The fraction of sp³-hybridized carbons (Fsp3) is 1.00. The lowest BCUT2D eigenvalue weighted by atomic mass is 9.81. The first-order valence-corrected chi connectivity index (χ1v) is 6.77. The Bertz CT molecular complexity index is 175. The molecule has 15 heavy (non-hydrogen) atoms. The van der Waals surface area contributed by atoms with Gasteiger partial charge in [0, 0.05) is 26.2 Å². The molecule has 0 aromatic heterocycles. The molecule has 1 N–H and O–H groups in total. The minimum Gasteiger partial charge on any atom is -0.314 e. The van der Waals surface area contributed by atoms with Gasteiger partial charge >= 0.3 is 0 Å².